The Labute approximate surface area is 231 Å². The maximum atomic E-state index is 12.7. The topological polar surface area (TPSA) is 158 Å². The van der Waals surface area contributed by atoms with Crippen LogP contribution >= 0.6 is 0 Å². The SMILES string of the molecule is CCOC(=O)c1cccc(NC(=O)/C=C/c2ccc(C(=O)Oc3ccc(C(=N)N)cc3)cc2C)c1C(=O)OCC. The number of nitrogen functional groups attached to an aromatic ring is 1. The van der Waals surface area contributed by atoms with Crippen LogP contribution in [0.2, 0.25) is 0 Å². The molecule has 3 aromatic rings. The molecule has 0 spiro atoms. The molecule has 0 aliphatic rings. The number of aryl methyl sites for hydroxylation is 1. The summed E-state index contributed by atoms with van der Waals surface area (Å²) < 4.78 is 15.5. The number of nitrogens with one attached hydrogen (secondary N) is 2. The maximum absolute atomic E-state index is 12.7. The molecule has 0 unspecified atom stereocenters. The van der Waals surface area contributed by atoms with Gasteiger partial charge in [0, 0.05) is 11.6 Å². The van der Waals surface area contributed by atoms with E-state index in [-0.39, 0.29) is 35.9 Å². The van der Waals surface area contributed by atoms with Crippen molar-refractivity contribution in [2.45, 2.75) is 20.8 Å². The quantitative estimate of drug-likeness (QED) is 0.111. The normalized spacial score (nSPS) is 10.6. The van der Waals surface area contributed by atoms with Crippen LogP contribution in [-0.4, -0.2) is 42.9 Å². The standard InChI is InChI=1S/C30H29N3O7/c1-4-38-29(36)23-7-6-8-24(26(23)30(37)39-5-2)33-25(34)16-13-19-9-10-21(17-18(19)3)28(35)40-22-14-11-20(12-15-22)27(31)32/h6-17H,4-5H2,1-3H3,(H3,31,32)(H,33,34)/b16-13+. The molecule has 4 N–H and O–H groups in total. The third kappa shape index (κ3) is 7.41. The first kappa shape index (κ1) is 29.3. The molecule has 1 amide bonds. The molecule has 206 valence electrons. The van der Waals surface area contributed by atoms with Crippen molar-refractivity contribution in [1.29, 1.82) is 5.41 Å². The van der Waals surface area contributed by atoms with Crippen molar-refractivity contribution in [3.05, 3.63) is 100 Å². The van der Waals surface area contributed by atoms with E-state index in [2.05, 4.69) is 5.32 Å². The fraction of sp³-hybridized carbons (Fsp3) is 0.167. The molecular weight excluding hydrogens is 514 g/mol. The van der Waals surface area contributed by atoms with Gasteiger partial charge < -0.3 is 25.3 Å². The minimum atomic E-state index is -0.765. The molecule has 0 aromatic heterocycles. The van der Waals surface area contributed by atoms with Gasteiger partial charge in [0.15, 0.2) is 0 Å². The van der Waals surface area contributed by atoms with Crippen LogP contribution in [0.15, 0.2) is 66.7 Å². The summed E-state index contributed by atoms with van der Waals surface area (Å²) in [5.74, 6) is -2.38. The van der Waals surface area contributed by atoms with E-state index in [1.54, 1.807) is 69.3 Å². The molecule has 0 aliphatic heterocycles. The summed E-state index contributed by atoms with van der Waals surface area (Å²) in [6.45, 7) is 5.25. The highest BCUT2D eigenvalue weighted by molar-refractivity contribution is 6.11. The lowest BCUT2D eigenvalue weighted by Crippen LogP contribution is -2.18. The highest BCUT2D eigenvalue weighted by atomic mass is 16.5. The van der Waals surface area contributed by atoms with Gasteiger partial charge in [0.05, 0.1) is 35.6 Å². The average molecular weight is 544 g/mol. The number of nitrogens with two attached hydrogens (primary N) is 1. The Morgan fingerprint density at radius 2 is 1.52 bits per heavy atom. The van der Waals surface area contributed by atoms with Crippen LogP contribution < -0.4 is 15.8 Å². The summed E-state index contributed by atoms with van der Waals surface area (Å²) in [7, 11) is 0. The van der Waals surface area contributed by atoms with Gasteiger partial charge in [-0.3, -0.25) is 10.2 Å². The van der Waals surface area contributed by atoms with Gasteiger partial charge in [-0.1, -0.05) is 12.1 Å². The van der Waals surface area contributed by atoms with Gasteiger partial charge in [0.2, 0.25) is 5.91 Å². The number of esters is 3. The Hall–Kier alpha value is -5.25. The Bertz CT molecular complexity index is 1480. The van der Waals surface area contributed by atoms with E-state index in [4.69, 9.17) is 25.4 Å². The Balaban J connectivity index is 1.74. The molecule has 0 saturated carbocycles. The number of amidine groups is 1. The minimum absolute atomic E-state index is 0.0183. The fourth-order valence-electron chi connectivity index (χ4n) is 3.66. The third-order valence-electron chi connectivity index (χ3n) is 5.59. The van der Waals surface area contributed by atoms with E-state index in [0.29, 0.717) is 28.0 Å². The lowest BCUT2D eigenvalue weighted by Gasteiger charge is -2.13. The Kier molecular flexibility index (Phi) is 9.90. The number of amides is 1. The second kappa shape index (κ2) is 13.5. The summed E-state index contributed by atoms with van der Waals surface area (Å²) in [5.41, 5.74) is 7.62. The average Bonchev–Trinajstić information content (AvgIpc) is 2.92. The van der Waals surface area contributed by atoms with E-state index < -0.39 is 23.8 Å². The zero-order valence-electron chi connectivity index (χ0n) is 22.3. The molecule has 0 atom stereocenters. The molecule has 0 bridgehead atoms. The van der Waals surface area contributed by atoms with Crippen LogP contribution in [-0.2, 0) is 14.3 Å². The number of carbonyl (C=O) groups is 4. The Morgan fingerprint density at radius 1 is 0.875 bits per heavy atom. The molecule has 0 aliphatic carbocycles. The first-order chi connectivity index (χ1) is 19.1. The van der Waals surface area contributed by atoms with Crippen LogP contribution in [0.1, 0.15) is 61.6 Å². The predicted molar refractivity (Wildman–Crippen MR) is 150 cm³/mol. The van der Waals surface area contributed by atoms with Crippen molar-refractivity contribution in [2.75, 3.05) is 18.5 Å². The van der Waals surface area contributed by atoms with Crippen molar-refractivity contribution in [1.82, 2.24) is 0 Å². The number of anilines is 1. The molecule has 10 nitrogen and oxygen atoms in total. The van der Waals surface area contributed by atoms with E-state index >= 15 is 0 Å². The van der Waals surface area contributed by atoms with Gasteiger partial charge in [-0.05, 0) is 86.5 Å². The highest BCUT2D eigenvalue weighted by Crippen LogP contribution is 2.23. The van der Waals surface area contributed by atoms with E-state index in [9.17, 15) is 19.2 Å². The van der Waals surface area contributed by atoms with E-state index in [0.717, 1.165) is 0 Å². The molecule has 0 fully saturated rings. The molecule has 0 radical (unpaired) electrons. The minimum Gasteiger partial charge on any atom is -0.462 e. The fourth-order valence-corrected chi connectivity index (χ4v) is 3.66. The maximum Gasteiger partial charge on any atom is 0.343 e. The van der Waals surface area contributed by atoms with Gasteiger partial charge in [-0.25, -0.2) is 14.4 Å². The molecule has 3 aromatic carbocycles. The zero-order chi connectivity index (χ0) is 29.2. The highest BCUT2D eigenvalue weighted by Gasteiger charge is 2.23. The number of carbonyl (C=O) groups excluding carboxylic acids is 4. The van der Waals surface area contributed by atoms with Crippen molar-refractivity contribution < 1.29 is 33.4 Å². The lowest BCUT2D eigenvalue weighted by atomic mass is 10.0. The van der Waals surface area contributed by atoms with Crippen LogP contribution in [0.5, 0.6) is 5.75 Å². The number of hydrogen-bond donors (Lipinski definition) is 3. The predicted octanol–water partition coefficient (Wildman–Crippen LogP) is 4.50. The Morgan fingerprint density at radius 3 is 2.15 bits per heavy atom. The molecule has 40 heavy (non-hydrogen) atoms. The monoisotopic (exact) mass is 543 g/mol. The van der Waals surface area contributed by atoms with Crippen LogP contribution in [0.25, 0.3) is 6.08 Å². The van der Waals surface area contributed by atoms with E-state index in [1.165, 1.54) is 24.3 Å². The summed E-state index contributed by atoms with van der Waals surface area (Å²) in [6, 6.07) is 15.6. The van der Waals surface area contributed by atoms with Crippen LogP contribution in [0.4, 0.5) is 5.69 Å². The first-order valence-corrected chi connectivity index (χ1v) is 12.4. The van der Waals surface area contributed by atoms with Gasteiger partial charge in [0.25, 0.3) is 0 Å². The van der Waals surface area contributed by atoms with Crippen LogP contribution in [0.3, 0.4) is 0 Å². The summed E-state index contributed by atoms with van der Waals surface area (Å²) in [4.78, 5) is 50.3. The number of benzene rings is 3. The van der Waals surface area contributed by atoms with Gasteiger partial charge >= 0.3 is 17.9 Å². The third-order valence-corrected chi connectivity index (χ3v) is 5.59. The van der Waals surface area contributed by atoms with Crippen molar-refractivity contribution >= 4 is 41.4 Å². The second-order valence-corrected chi connectivity index (χ2v) is 8.39. The second-order valence-electron chi connectivity index (χ2n) is 8.39. The molecule has 0 heterocycles. The molecule has 10 heteroatoms. The summed E-state index contributed by atoms with van der Waals surface area (Å²) >= 11 is 0. The number of ether oxygens (including phenoxy) is 3. The zero-order valence-corrected chi connectivity index (χ0v) is 22.3. The molecule has 0 saturated heterocycles. The number of hydrogen-bond acceptors (Lipinski definition) is 8. The van der Waals surface area contributed by atoms with E-state index in [1.807, 2.05) is 0 Å². The van der Waals surface area contributed by atoms with Crippen molar-refractivity contribution in [2.24, 2.45) is 5.73 Å². The van der Waals surface area contributed by atoms with Crippen LogP contribution in [0, 0.1) is 12.3 Å². The van der Waals surface area contributed by atoms with Crippen molar-refractivity contribution in [3.63, 3.8) is 0 Å². The van der Waals surface area contributed by atoms with Crippen molar-refractivity contribution in [3.8, 4) is 5.75 Å². The van der Waals surface area contributed by atoms with Gasteiger partial charge in [-0.2, -0.15) is 0 Å². The van der Waals surface area contributed by atoms with Gasteiger partial charge in [-0.15, -0.1) is 0 Å². The first-order valence-electron chi connectivity index (χ1n) is 12.4. The smallest absolute Gasteiger partial charge is 0.343 e. The molecular formula is C30H29N3O7. The largest absolute Gasteiger partial charge is 0.462 e. The summed E-state index contributed by atoms with van der Waals surface area (Å²) in [6.07, 6.45) is 2.82. The number of rotatable bonds is 10. The summed E-state index contributed by atoms with van der Waals surface area (Å²) in [5, 5.41) is 10.0. The molecule has 3 rings (SSSR count). The van der Waals surface area contributed by atoms with Gasteiger partial charge in [0.1, 0.15) is 11.6 Å². The lowest BCUT2D eigenvalue weighted by molar-refractivity contribution is -0.111.